The number of esters is 1. The summed E-state index contributed by atoms with van der Waals surface area (Å²) >= 11 is 0. The van der Waals surface area contributed by atoms with E-state index in [9.17, 15) is 9.59 Å². The topological polar surface area (TPSA) is 84.2 Å². The normalized spacial score (nSPS) is 12.6. The van der Waals surface area contributed by atoms with Gasteiger partial charge in [0.15, 0.2) is 23.9 Å². The van der Waals surface area contributed by atoms with Crippen molar-refractivity contribution in [2.45, 2.75) is 0 Å². The highest BCUT2D eigenvalue weighted by molar-refractivity contribution is 6.00. The van der Waals surface area contributed by atoms with Crippen LogP contribution in [-0.4, -0.2) is 38.7 Å². The molecule has 4 rings (SSSR count). The third-order valence-electron chi connectivity index (χ3n) is 4.10. The molecule has 0 saturated heterocycles. The molecule has 7 heteroatoms. The zero-order valence-electron chi connectivity index (χ0n) is 14.5. The predicted molar refractivity (Wildman–Crippen MR) is 94.8 cm³/mol. The van der Waals surface area contributed by atoms with E-state index in [1.807, 2.05) is 18.2 Å². The molecule has 0 amide bonds. The van der Waals surface area contributed by atoms with E-state index < -0.39 is 18.4 Å². The van der Waals surface area contributed by atoms with Crippen molar-refractivity contribution in [3.8, 4) is 17.2 Å². The van der Waals surface area contributed by atoms with E-state index in [2.05, 4.69) is 0 Å². The SMILES string of the molecule is COc1cc(C(=O)OCC(=O)c2cc3ccccc3o2)cc2c1OCCO2. The molecule has 2 heterocycles. The Kier molecular flexibility index (Phi) is 4.42. The summed E-state index contributed by atoms with van der Waals surface area (Å²) in [6.45, 7) is 0.341. The molecule has 0 N–H and O–H groups in total. The van der Waals surface area contributed by atoms with E-state index in [1.54, 1.807) is 12.1 Å². The molecule has 2 aromatic carbocycles. The quantitative estimate of drug-likeness (QED) is 0.505. The summed E-state index contributed by atoms with van der Waals surface area (Å²) in [6, 6.07) is 11.9. The Labute approximate surface area is 154 Å². The number of ether oxygens (including phenoxy) is 4. The van der Waals surface area contributed by atoms with Gasteiger partial charge < -0.3 is 23.4 Å². The smallest absolute Gasteiger partial charge is 0.338 e. The number of hydrogen-bond donors (Lipinski definition) is 0. The lowest BCUT2D eigenvalue weighted by Crippen LogP contribution is -2.18. The molecule has 0 fully saturated rings. The van der Waals surface area contributed by atoms with Gasteiger partial charge in [-0.05, 0) is 24.3 Å². The van der Waals surface area contributed by atoms with Crippen molar-refractivity contribution in [3.63, 3.8) is 0 Å². The summed E-state index contributed by atoms with van der Waals surface area (Å²) in [5, 5.41) is 0.809. The fraction of sp³-hybridized carbons (Fsp3) is 0.200. The Hall–Kier alpha value is -3.48. The monoisotopic (exact) mass is 368 g/mol. The number of para-hydroxylation sites is 1. The highest BCUT2D eigenvalue weighted by Crippen LogP contribution is 2.40. The number of fused-ring (bicyclic) bond motifs is 2. The number of carbonyl (C=O) groups excluding carboxylic acids is 2. The van der Waals surface area contributed by atoms with Crippen LogP contribution in [0, 0.1) is 0 Å². The summed E-state index contributed by atoms with van der Waals surface area (Å²) in [5.74, 6) is 0.250. The van der Waals surface area contributed by atoms with E-state index in [0.29, 0.717) is 36.0 Å². The molecule has 1 aromatic heterocycles. The van der Waals surface area contributed by atoms with Crippen molar-refractivity contribution in [2.24, 2.45) is 0 Å². The predicted octanol–water partition coefficient (Wildman–Crippen LogP) is 3.25. The first-order chi connectivity index (χ1) is 13.2. The van der Waals surface area contributed by atoms with Crippen LogP contribution in [0.2, 0.25) is 0 Å². The Morgan fingerprint density at radius 2 is 1.89 bits per heavy atom. The molecule has 1 aliphatic heterocycles. The second-order valence-electron chi connectivity index (χ2n) is 5.85. The third-order valence-corrected chi connectivity index (χ3v) is 4.10. The van der Waals surface area contributed by atoms with Crippen LogP contribution in [-0.2, 0) is 4.74 Å². The Morgan fingerprint density at radius 1 is 1.07 bits per heavy atom. The van der Waals surface area contributed by atoms with E-state index >= 15 is 0 Å². The zero-order chi connectivity index (χ0) is 18.8. The maximum Gasteiger partial charge on any atom is 0.338 e. The molecule has 138 valence electrons. The lowest BCUT2D eigenvalue weighted by Gasteiger charge is -2.21. The molecular weight excluding hydrogens is 352 g/mol. The number of Topliss-reactive ketones (excluding diaryl/α,β-unsaturated/α-hetero) is 1. The van der Waals surface area contributed by atoms with E-state index in [0.717, 1.165) is 5.39 Å². The lowest BCUT2D eigenvalue weighted by molar-refractivity contribution is 0.0467. The Morgan fingerprint density at radius 3 is 2.70 bits per heavy atom. The largest absolute Gasteiger partial charge is 0.493 e. The van der Waals surface area contributed by atoms with Crippen molar-refractivity contribution in [2.75, 3.05) is 26.9 Å². The number of hydrogen-bond acceptors (Lipinski definition) is 7. The van der Waals surface area contributed by atoms with Crippen LogP contribution in [0.25, 0.3) is 11.0 Å². The average Bonchev–Trinajstić information content (AvgIpc) is 3.15. The van der Waals surface area contributed by atoms with Crippen molar-refractivity contribution in [1.29, 1.82) is 0 Å². The van der Waals surface area contributed by atoms with Crippen LogP contribution < -0.4 is 14.2 Å². The first-order valence-electron chi connectivity index (χ1n) is 8.32. The number of benzene rings is 2. The molecule has 0 spiro atoms. The summed E-state index contributed by atoms with van der Waals surface area (Å²) in [7, 11) is 1.47. The molecule has 0 saturated carbocycles. The van der Waals surface area contributed by atoms with Crippen molar-refractivity contribution in [3.05, 3.63) is 53.8 Å². The number of furan rings is 1. The molecule has 7 nitrogen and oxygen atoms in total. The second kappa shape index (κ2) is 7.03. The first-order valence-corrected chi connectivity index (χ1v) is 8.32. The fourth-order valence-electron chi connectivity index (χ4n) is 2.80. The molecule has 0 unspecified atom stereocenters. The summed E-state index contributed by atoms with van der Waals surface area (Å²) < 4.78 is 26.8. The highest BCUT2D eigenvalue weighted by Gasteiger charge is 2.22. The minimum absolute atomic E-state index is 0.142. The van der Waals surface area contributed by atoms with Gasteiger partial charge in [0.25, 0.3) is 0 Å². The summed E-state index contributed by atoms with van der Waals surface area (Å²) in [6.07, 6.45) is 0. The minimum atomic E-state index is -0.672. The van der Waals surface area contributed by atoms with Gasteiger partial charge in [-0.25, -0.2) is 4.79 Å². The van der Waals surface area contributed by atoms with Gasteiger partial charge in [-0.1, -0.05) is 18.2 Å². The minimum Gasteiger partial charge on any atom is -0.493 e. The average molecular weight is 368 g/mol. The molecular formula is C20H16O7. The zero-order valence-corrected chi connectivity index (χ0v) is 14.5. The van der Waals surface area contributed by atoms with Crippen LogP contribution in [0.5, 0.6) is 17.2 Å². The highest BCUT2D eigenvalue weighted by atomic mass is 16.6. The lowest BCUT2D eigenvalue weighted by atomic mass is 10.1. The Balaban J connectivity index is 1.48. The number of ketones is 1. The fourth-order valence-corrected chi connectivity index (χ4v) is 2.80. The van der Waals surface area contributed by atoms with Crippen molar-refractivity contribution < 1.29 is 33.0 Å². The molecule has 0 radical (unpaired) electrons. The van der Waals surface area contributed by atoms with Gasteiger partial charge in [-0.3, -0.25) is 4.79 Å². The number of methoxy groups -OCH3 is 1. The Bertz CT molecular complexity index is 968. The summed E-state index contributed by atoms with van der Waals surface area (Å²) in [5.41, 5.74) is 0.803. The number of rotatable bonds is 5. The van der Waals surface area contributed by atoms with Crippen molar-refractivity contribution >= 4 is 22.7 Å². The summed E-state index contributed by atoms with van der Waals surface area (Å²) in [4.78, 5) is 24.6. The van der Waals surface area contributed by atoms with Crippen LogP contribution in [0.3, 0.4) is 0 Å². The molecule has 27 heavy (non-hydrogen) atoms. The van der Waals surface area contributed by atoms with Gasteiger partial charge in [-0.2, -0.15) is 0 Å². The van der Waals surface area contributed by atoms with Gasteiger partial charge in [0.05, 0.1) is 12.7 Å². The van der Waals surface area contributed by atoms with Crippen LogP contribution in [0.15, 0.2) is 46.9 Å². The van der Waals surface area contributed by atoms with Gasteiger partial charge in [0.1, 0.15) is 18.8 Å². The maximum atomic E-state index is 12.3. The third kappa shape index (κ3) is 3.31. The van der Waals surface area contributed by atoms with E-state index in [-0.39, 0.29) is 11.3 Å². The van der Waals surface area contributed by atoms with Crippen LogP contribution in [0.1, 0.15) is 20.9 Å². The number of carbonyl (C=O) groups is 2. The molecule has 0 aliphatic carbocycles. The second-order valence-corrected chi connectivity index (χ2v) is 5.85. The maximum absolute atomic E-state index is 12.3. The van der Waals surface area contributed by atoms with Gasteiger partial charge in [0, 0.05) is 5.39 Å². The molecule has 0 atom stereocenters. The van der Waals surface area contributed by atoms with Crippen molar-refractivity contribution in [1.82, 2.24) is 0 Å². The molecule has 1 aliphatic rings. The molecule has 0 bridgehead atoms. The van der Waals surface area contributed by atoms with E-state index in [1.165, 1.54) is 19.2 Å². The molecule has 3 aromatic rings. The van der Waals surface area contributed by atoms with Gasteiger partial charge in [0.2, 0.25) is 11.5 Å². The van der Waals surface area contributed by atoms with Crippen LogP contribution in [0.4, 0.5) is 0 Å². The van der Waals surface area contributed by atoms with Crippen LogP contribution >= 0.6 is 0 Å². The first kappa shape index (κ1) is 17.0. The van der Waals surface area contributed by atoms with Gasteiger partial charge >= 0.3 is 5.97 Å². The van der Waals surface area contributed by atoms with E-state index in [4.69, 9.17) is 23.4 Å². The van der Waals surface area contributed by atoms with Gasteiger partial charge in [-0.15, -0.1) is 0 Å². The standard InChI is InChI=1S/C20H16O7/c1-23-17-9-13(10-18-19(17)25-7-6-24-18)20(22)26-11-14(21)16-8-12-4-2-3-5-15(12)27-16/h2-5,8-10H,6-7,11H2,1H3.